The van der Waals surface area contributed by atoms with E-state index in [0.29, 0.717) is 6.54 Å². The van der Waals surface area contributed by atoms with E-state index in [1.165, 1.54) is 0 Å². The van der Waals surface area contributed by atoms with Crippen LogP contribution in [0.5, 0.6) is 5.75 Å². The summed E-state index contributed by atoms with van der Waals surface area (Å²) in [6, 6.07) is 6.20. The van der Waals surface area contributed by atoms with Crippen LogP contribution in [0.2, 0.25) is 0 Å². The molecule has 0 saturated carbocycles. The molecule has 1 fully saturated rings. The zero-order valence-electron chi connectivity index (χ0n) is 11.7. The van der Waals surface area contributed by atoms with Crippen LogP contribution in [-0.4, -0.2) is 36.5 Å². The molecule has 1 atom stereocenters. The Morgan fingerprint density at radius 3 is 3.00 bits per heavy atom. The summed E-state index contributed by atoms with van der Waals surface area (Å²) in [5.74, 6) is 0.825. The topological polar surface area (TPSA) is 55.6 Å². The Labute approximate surface area is 114 Å². The number of rotatable bonds is 4. The maximum atomic E-state index is 12.1. The Bertz CT molecular complexity index is 459. The third kappa shape index (κ3) is 3.26. The molecule has 1 aromatic carbocycles. The van der Waals surface area contributed by atoms with Gasteiger partial charge in [-0.25, -0.2) is 0 Å². The lowest BCUT2D eigenvalue weighted by atomic mass is 10.1. The van der Waals surface area contributed by atoms with Crippen LogP contribution in [-0.2, 0) is 4.79 Å². The van der Waals surface area contributed by atoms with E-state index in [1.54, 1.807) is 0 Å². The fourth-order valence-corrected chi connectivity index (χ4v) is 2.49. The molecule has 0 aromatic heterocycles. The predicted octanol–water partition coefficient (Wildman–Crippen LogP) is 1.63. The molecule has 1 aromatic rings. The predicted molar refractivity (Wildman–Crippen MR) is 75.2 cm³/mol. The highest BCUT2D eigenvalue weighted by Crippen LogP contribution is 2.20. The molecule has 0 bridgehead atoms. The van der Waals surface area contributed by atoms with Crippen molar-refractivity contribution in [3.05, 3.63) is 29.3 Å². The highest BCUT2D eigenvalue weighted by molar-refractivity contribution is 5.78. The van der Waals surface area contributed by atoms with Gasteiger partial charge in [0.25, 0.3) is 5.91 Å². The Morgan fingerprint density at radius 1 is 1.47 bits per heavy atom. The number of hydrogen-bond donors (Lipinski definition) is 1. The quantitative estimate of drug-likeness (QED) is 0.897. The summed E-state index contributed by atoms with van der Waals surface area (Å²) in [5.41, 5.74) is 7.86. The van der Waals surface area contributed by atoms with Crippen LogP contribution in [0.25, 0.3) is 0 Å². The number of nitrogens with two attached hydrogens (primary N) is 1. The van der Waals surface area contributed by atoms with Gasteiger partial charge >= 0.3 is 0 Å². The summed E-state index contributed by atoms with van der Waals surface area (Å²) in [4.78, 5) is 14.0. The number of likely N-dealkylation sites (tertiary alicyclic amines) is 1. The van der Waals surface area contributed by atoms with E-state index >= 15 is 0 Å². The summed E-state index contributed by atoms with van der Waals surface area (Å²) in [6.45, 7) is 5.43. The van der Waals surface area contributed by atoms with Crippen molar-refractivity contribution in [2.24, 2.45) is 5.73 Å². The van der Waals surface area contributed by atoms with Crippen molar-refractivity contribution in [2.45, 2.75) is 32.7 Å². The van der Waals surface area contributed by atoms with Crippen LogP contribution >= 0.6 is 0 Å². The smallest absolute Gasteiger partial charge is 0.260 e. The average Bonchev–Trinajstić information content (AvgIpc) is 2.88. The number of aryl methyl sites for hydroxylation is 2. The highest BCUT2D eigenvalue weighted by Gasteiger charge is 2.27. The molecule has 1 amide bonds. The summed E-state index contributed by atoms with van der Waals surface area (Å²) < 4.78 is 5.65. The summed E-state index contributed by atoms with van der Waals surface area (Å²) >= 11 is 0. The minimum absolute atomic E-state index is 0.0360. The largest absolute Gasteiger partial charge is 0.483 e. The van der Waals surface area contributed by atoms with Crippen molar-refractivity contribution >= 4 is 5.91 Å². The van der Waals surface area contributed by atoms with Gasteiger partial charge in [0.1, 0.15) is 5.75 Å². The summed E-state index contributed by atoms with van der Waals surface area (Å²) in [6.07, 6.45) is 2.04. The van der Waals surface area contributed by atoms with Crippen molar-refractivity contribution in [1.82, 2.24) is 4.90 Å². The fourth-order valence-electron chi connectivity index (χ4n) is 2.49. The monoisotopic (exact) mass is 262 g/mol. The zero-order valence-corrected chi connectivity index (χ0v) is 11.7. The molecule has 2 rings (SSSR count). The van der Waals surface area contributed by atoms with Gasteiger partial charge in [-0.1, -0.05) is 12.1 Å². The van der Waals surface area contributed by atoms with Gasteiger partial charge in [0, 0.05) is 19.1 Å². The molecule has 1 unspecified atom stereocenters. The van der Waals surface area contributed by atoms with E-state index in [9.17, 15) is 4.79 Å². The molecule has 4 nitrogen and oxygen atoms in total. The zero-order chi connectivity index (χ0) is 13.8. The van der Waals surface area contributed by atoms with Gasteiger partial charge in [0.15, 0.2) is 6.61 Å². The number of carbonyl (C=O) groups is 1. The number of amides is 1. The molecule has 1 heterocycles. The van der Waals surface area contributed by atoms with E-state index < -0.39 is 0 Å². The third-order valence-electron chi connectivity index (χ3n) is 3.66. The van der Waals surface area contributed by atoms with Crippen molar-refractivity contribution in [3.63, 3.8) is 0 Å². The molecule has 104 valence electrons. The lowest BCUT2D eigenvalue weighted by Crippen LogP contribution is -2.42. The molecular weight excluding hydrogens is 240 g/mol. The standard InChI is InChI=1S/C15H22N2O2/c1-11-5-6-12(2)14(8-11)19-10-15(18)17-7-3-4-13(17)9-16/h5-6,8,13H,3-4,7,9-10,16H2,1-2H3. The van der Waals surface area contributed by atoms with Crippen molar-refractivity contribution in [1.29, 1.82) is 0 Å². The normalized spacial score (nSPS) is 18.7. The van der Waals surface area contributed by atoms with Gasteiger partial charge in [0.2, 0.25) is 0 Å². The second-order valence-electron chi connectivity index (χ2n) is 5.18. The van der Waals surface area contributed by atoms with Gasteiger partial charge in [-0.15, -0.1) is 0 Å². The second kappa shape index (κ2) is 6.06. The Morgan fingerprint density at radius 2 is 2.26 bits per heavy atom. The molecule has 4 heteroatoms. The van der Waals surface area contributed by atoms with Crippen LogP contribution < -0.4 is 10.5 Å². The Hall–Kier alpha value is -1.55. The van der Waals surface area contributed by atoms with Crippen LogP contribution in [0.4, 0.5) is 0 Å². The number of nitrogens with zero attached hydrogens (tertiary/aromatic N) is 1. The summed E-state index contributed by atoms with van der Waals surface area (Å²) in [7, 11) is 0. The van der Waals surface area contributed by atoms with E-state index in [-0.39, 0.29) is 18.6 Å². The first kappa shape index (κ1) is 13.9. The van der Waals surface area contributed by atoms with Gasteiger partial charge in [-0.2, -0.15) is 0 Å². The van der Waals surface area contributed by atoms with Crippen LogP contribution in [0, 0.1) is 13.8 Å². The minimum atomic E-state index is 0.0360. The lowest BCUT2D eigenvalue weighted by molar-refractivity contribution is -0.134. The third-order valence-corrected chi connectivity index (χ3v) is 3.66. The van der Waals surface area contributed by atoms with Crippen LogP contribution in [0.1, 0.15) is 24.0 Å². The summed E-state index contributed by atoms with van der Waals surface area (Å²) in [5, 5.41) is 0. The Balaban J connectivity index is 1.95. The first-order valence-electron chi connectivity index (χ1n) is 6.81. The molecule has 2 N–H and O–H groups in total. The van der Waals surface area contributed by atoms with Gasteiger partial charge in [-0.05, 0) is 43.9 Å². The Kier molecular flexibility index (Phi) is 4.43. The molecular formula is C15H22N2O2. The van der Waals surface area contributed by atoms with Gasteiger partial charge < -0.3 is 15.4 Å². The molecule has 0 aliphatic carbocycles. The number of ether oxygens (including phenoxy) is 1. The van der Waals surface area contributed by atoms with Crippen molar-refractivity contribution < 1.29 is 9.53 Å². The van der Waals surface area contributed by atoms with Crippen molar-refractivity contribution in [2.75, 3.05) is 19.7 Å². The average molecular weight is 262 g/mol. The van der Waals surface area contributed by atoms with Gasteiger partial charge in [0.05, 0.1) is 0 Å². The van der Waals surface area contributed by atoms with Crippen LogP contribution in [0.3, 0.4) is 0 Å². The first-order chi connectivity index (χ1) is 9.11. The molecule has 0 radical (unpaired) electrons. The number of benzene rings is 1. The SMILES string of the molecule is Cc1ccc(C)c(OCC(=O)N2CCCC2CN)c1. The highest BCUT2D eigenvalue weighted by atomic mass is 16.5. The molecule has 0 spiro atoms. The van der Waals surface area contributed by atoms with E-state index in [2.05, 4.69) is 0 Å². The maximum absolute atomic E-state index is 12.1. The van der Waals surface area contributed by atoms with E-state index in [4.69, 9.17) is 10.5 Å². The maximum Gasteiger partial charge on any atom is 0.260 e. The number of hydrogen-bond acceptors (Lipinski definition) is 3. The van der Waals surface area contributed by atoms with E-state index in [1.807, 2.05) is 36.9 Å². The molecule has 1 aliphatic heterocycles. The van der Waals surface area contributed by atoms with Crippen molar-refractivity contribution in [3.8, 4) is 5.75 Å². The lowest BCUT2D eigenvalue weighted by Gasteiger charge is -2.23. The first-order valence-corrected chi connectivity index (χ1v) is 6.81. The molecule has 1 aliphatic rings. The van der Waals surface area contributed by atoms with E-state index in [0.717, 1.165) is 36.3 Å². The van der Waals surface area contributed by atoms with Crippen LogP contribution in [0.15, 0.2) is 18.2 Å². The molecule has 19 heavy (non-hydrogen) atoms. The number of carbonyl (C=O) groups excluding carboxylic acids is 1. The fraction of sp³-hybridized carbons (Fsp3) is 0.533. The minimum Gasteiger partial charge on any atom is -0.483 e. The second-order valence-corrected chi connectivity index (χ2v) is 5.18. The van der Waals surface area contributed by atoms with Gasteiger partial charge in [-0.3, -0.25) is 4.79 Å². The molecule has 1 saturated heterocycles.